The number of aryl methyl sites for hydroxylation is 1. The molecular weight excluding hydrogens is 481 g/mol. The van der Waals surface area contributed by atoms with Crippen molar-refractivity contribution in [3.8, 4) is 0 Å². The van der Waals surface area contributed by atoms with E-state index in [2.05, 4.69) is 15.6 Å². The Morgan fingerprint density at radius 2 is 1.97 bits per heavy atom. The number of allylic oxidation sites excluding steroid dienone is 1. The first-order valence-corrected chi connectivity index (χ1v) is 13.0. The summed E-state index contributed by atoms with van der Waals surface area (Å²) in [7, 11) is 0. The number of carbonyl (C=O) groups is 1. The summed E-state index contributed by atoms with van der Waals surface area (Å²) < 4.78 is 15.8. The number of carbonyl (C=O) groups excluding carboxylic acids is 1. The number of hydrogen-bond donors (Lipinski definition) is 2. The van der Waals surface area contributed by atoms with E-state index in [-0.39, 0.29) is 11.7 Å². The molecule has 0 spiro atoms. The molecule has 3 heterocycles. The smallest absolute Gasteiger partial charge is 0.255 e. The number of rotatable bonds is 6. The predicted molar refractivity (Wildman–Crippen MR) is 139 cm³/mol. The second-order valence-corrected chi connectivity index (χ2v) is 10.2. The first-order valence-electron chi connectivity index (χ1n) is 11.1. The van der Waals surface area contributed by atoms with E-state index >= 15 is 0 Å². The minimum Gasteiger partial charge on any atom is -0.328 e. The van der Waals surface area contributed by atoms with Crippen LogP contribution in [0.25, 0.3) is 0 Å². The van der Waals surface area contributed by atoms with Crippen LogP contribution in [-0.4, -0.2) is 20.7 Å². The SMILES string of the molecule is CC1=C(C(=O)Nc2cccc(C)c2C)C(c2cccs2)n2nc(SCc3ccccc3F)nc2N1. The Hall–Kier alpha value is -3.43. The Kier molecular flexibility index (Phi) is 6.44. The quantitative estimate of drug-likeness (QED) is 0.300. The molecule has 0 saturated heterocycles. The van der Waals surface area contributed by atoms with Gasteiger partial charge in [0.05, 0.1) is 5.57 Å². The normalized spacial score (nSPS) is 15.0. The van der Waals surface area contributed by atoms with Gasteiger partial charge >= 0.3 is 0 Å². The molecule has 9 heteroatoms. The third-order valence-corrected chi connectivity index (χ3v) is 7.87. The molecule has 1 atom stereocenters. The van der Waals surface area contributed by atoms with Crippen LogP contribution in [0.4, 0.5) is 16.0 Å². The van der Waals surface area contributed by atoms with Crippen molar-refractivity contribution in [2.24, 2.45) is 0 Å². The van der Waals surface area contributed by atoms with Gasteiger partial charge in [0.25, 0.3) is 5.91 Å². The molecule has 2 N–H and O–H groups in total. The zero-order valence-electron chi connectivity index (χ0n) is 19.5. The highest BCUT2D eigenvalue weighted by atomic mass is 32.2. The average molecular weight is 506 g/mol. The van der Waals surface area contributed by atoms with Gasteiger partial charge in [0.1, 0.15) is 11.9 Å². The highest BCUT2D eigenvalue weighted by molar-refractivity contribution is 7.98. The van der Waals surface area contributed by atoms with Crippen molar-refractivity contribution < 1.29 is 9.18 Å². The van der Waals surface area contributed by atoms with Crippen LogP contribution in [0.15, 0.2) is 76.4 Å². The van der Waals surface area contributed by atoms with Gasteiger partial charge < -0.3 is 10.6 Å². The number of thiophene rings is 1. The number of aromatic nitrogens is 3. The van der Waals surface area contributed by atoms with Gasteiger partial charge in [-0.15, -0.1) is 16.4 Å². The summed E-state index contributed by atoms with van der Waals surface area (Å²) in [6.07, 6.45) is 0. The molecule has 2 aromatic heterocycles. The van der Waals surface area contributed by atoms with Crippen molar-refractivity contribution in [1.82, 2.24) is 14.8 Å². The summed E-state index contributed by atoms with van der Waals surface area (Å²) in [5.74, 6) is 0.525. The molecule has 178 valence electrons. The zero-order chi connectivity index (χ0) is 24.5. The number of benzene rings is 2. The van der Waals surface area contributed by atoms with E-state index in [1.165, 1.54) is 17.8 Å². The summed E-state index contributed by atoms with van der Waals surface area (Å²) in [6, 6.07) is 16.1. The van der Waals surface area contributed by atoms with E-state index in [1.54, 1.807) is 28.2 Å². The molecule has 1 amide bonds. The summed E-state index contributed by atoms with van der Waals surface area (Å²) in [5.41, 5.74) is 4.82. The number of hydrogen-bond acceptors (Lipinski definition) is 6. The van der Waals surface area contributed by atoms with Crippen molar-refractivity contribution >= 4 is 40.6 Å². The summed E-state index contributed by atoms with van der Waals surface area (Å²) in [4.78, 5) is 19.2. The number of amides is 1. The molecule has 5 rings (SSSR count). The molecule has 2 aromatic carbocycles. The largest absolute Gasteiger partial charge is 0.328 e. The standard InChI is InChI=1S/C26H24FN5OS2/c1-15-8-6-11-20(16(15)2)29-24(33)22-17(3)28-25-30-26(35-14-18-9-4-5-10-19(18)27)31-32(25)23(22)21-12-7-13-34-21/h4-13,23H,14H2,1-3H3,(H,29,33)(H,28,30,31). The third-order valence-electron chi connectivity index (χ3n) is 6.06. The van der Waals surface area contributed by atoms with Crippen molar-refractivity contribution in [2.45, 2.75) is 37.7 Å². The minimum atomic E-state index is -0.424. The van der Waals surface area contributed by atoms with E-state index in [0.29, 0.717) is 28.0 Å². The van der Waals surface area contributed by atoms with Crippen LogP contribution in [0.2, 0.25) is 0 Å². The van der Waals surface area contributed by atoms with Crippen molar-refractivity contribution in [2.75, 3.05) is 10.6 Å². The molecule has 1 unspecified atom stereocenters. The highest BCUT2D eigenvalue weighted by Gasteiger charge is 2.35. The number of nitrogens with zero attached hydrogens (tertiary/aromatic N) is 3. The molecule has 0 fully saturated rings. The second-order valence-electron chi connectivity index (χ2n) is 8.33. The fourth-order valence-electron chi connectivity index (χ4n) is 4.03. The first-order chi connectivity index (χ1) is 16.9. The van der Waals surface area contributed by atoms with Gasteiger partial charge in [-0.3, -0.25) is 4.79 Å². The monoisotopic (exact) mass is 505 g/mol. The molecule has 0 radical (unpaired) electrons. The second kappa shape index (κ2) is 9.67. The lowest BCUT2D eigenvalue weighted by Crippen LogP contribution is -2.31. The molecule has 6 nitrogen and oxygen atoms in total. The Labute approximate surface area is 211 Å². The Balaban J connectivity index is 1.47. The van der Waals surface area contributed by atoms with E-state index in [0.717, 1.165) is 27.4 Å². The third kappa shape index (κ3) is 4.61. The lowest BCUT2D eigenvalue weighted by molar-refractivity contribution is -0.113. The topological polar surface area (TPSA) is 71.8 Å². The van der Waals surface area contributed by atoms with Crippen molar-refractivity contribution in [3.05, 3.63) is 98.6 Å². The van der Waals surface area contributed by atoms with Gasteiger partial charge in [0.15, 0.2) is 0 Å². The number of halogens is 1. The lowest BCUT2D eigenvalue weighted by atomic mass is 10.00. The van der Waals surface area contributed by atoms with Gasteiger partial charge in [-0.05, 0) is 61.0 Å². The van der Waals surface area contributed by atoms with Crippen molar-refractivity contribution in [3.63, 3.8) is 0 Å². The van der Waals surface area contributed by atoms with E-state index in [9.17, 15) is 9.18 Å². The van der Waals surface area contributed by atoms with Crippen LogP contribution in [0.3, 0.4) is 0 Å². The van der Waals surface area contributed by atoms with Gasteiger partial charge in [0, 0.05) is 22.0 Å². The summed E-state index contributed by atoms with van der Waals surface area (Å²) in [6.45, 7) is 5.90. The molecule has 0 bridgehead atoms. The van der Waals surface area contributed by atoms with Gasteiger partial charge in [-0.1, -0.05) is 48.2 Å². The maximum Gasteiger partial charge on any atom is 0.255 e. The van der Waals surface area contributed by atoms with Crippen molar-refractivity contribution in [1.29, 1.82) is 0 Å². The van der Waals surface area contributed by atoms with Gasteiger partial charge in [-0.25, -0.2) is 9.07 Å². The van der Waals surface area contributed by atoms with Crippen LogP contribution in [0.5, 0.6) is 0 Å². The van der Waals surface area contributed by atoms with E-state index in [1.807, 2.05) is 62.5 Å². The van der Waals surface area contributed by atoms with Crippen LogP contribution in [-0.2, 0) is 10.5 Å². The Morgan fingerprint density at radius 3 is 2.74 bits per heavy atom. The van der Waals surface area contributed by atoms with Crippen LogP contribution in [0, 0.1) is 19.7 Å². The Bertz CT molecular complexity index is 1430. The highest BCUT2D eigenvalue weighted by Crippen LogP contribution is 2.39. The molecule has 1 aliphatic heterocycles. The van der Waals surface area contributed by atoms with Gasteiger partial charge in [0.2, 0.25) is 11.1 Å². The zero-order valence-corrected chi connectivity index (χ0v) is 21.1. The molecule has 0 saturated carbocycles. The molecule has 0 aliphatic carbocycles. The first kappa shape index (κ1) is 23.3. The van der Waals surface area contributed by atoms with Crippen LogP contribution in [0.1, 0.15) is 34.5 Å². The lowest BCUT2D eigenvalue weighted by Gasteiger charge is -2.28. The number of thioether (sulfide) groups is 1. The van der Waals surface area contributed by atoms with Crippen LogP contribution < -0.4 is 10.6 Å². The maximum absolute atomic E-state index is 14.1. The average Bonchev–Trinajstić information content (AvgIpc) is 3.50. The Morgan fingerprint density at radius 1 is 1.14 bits per heavy atom. The summed E-state index contributed by atoms with van der Waals surface area (Å²) >= 11 is 2.92. The molecule has 35 heavy (non-hydrogen) atoms. The molecule has 4 aromatic rings. The van der Waals surface area contributed by atoms with E-state index in [4.69, 9.17) is 5.10 Å². The molecular formula is C26H24FN5OS2. The number of anilines is 2. The summed E-state index contributed by atoms with van der Waals surface area (Å²) in [5, 5.41) is 13.6. The van der Waals surface area contributed by atoms with Gasteiger partial charge in [-0.2, -0.15) is 4.98 Å². The number of nitrogens with one attached hydrogen (secondary N) is 2. The fraction of sp³-hybridized carbons (Fsp3) is 0.192. The number of fused-ring (bicyclic) bond motifs is 1. The van der Waals surface area contributed by atoms with E-state index < -0.39 is 6.04 Å². The molecule has 1 aliphatic rings. The fourth-order valence-corrected chi connectivity index (χ4v) is 5.66. The predicted octanol–water partition coefficient (Wildman–Crippen LogP) is 6.32. The van der Waals surface area contributed by atoms with Crippen LogP contribution >= 0.6 is 23.1 Å². The maximum atomic E-state index is 14.1. The minimum absolute atomic E-state index is 0.191.